The highest BCUT2D eigenvalue weighted by Gasteiger charge is 2.26. The Morgan fingerprint density at radius 2 is 2.32 bits per heavy atom. The van der Waals surface area contributed by atoms with Crippen LogP contribution in [0.15, 0.2) is 16.7 Å². The van der Waals surface area contributed by atoms with E-state index in [4.69, 9.17) is 21.8 Å². The fourth-order valence-electron chi connectivity index (χ4n) is 2.91. The maximum atomic E-state index is 6.02. The van der Waals surface area contributed by atoms with Crippen LogP contribution in [-0.2, 0) is 0 Å². The first kappa shape index (κ1) is 13.5. The molecule has 1 atom stereocenters. The van der Waals surface area contributed by atoms with E-state index < -0.39 is 0 Å². The number of rotatable bonds is 2. The summed E-state index contributed by atoms with van der Waals surface area (Å²) >= 11 is 6.02. The summed E-state index contributed by atoms with van der Waals surface area (Å²) in [6.45, 7) is 1.75. The van der Waals surface area contributed by atoms with Crippen molar-refractivity contribution < 1.29 is 4.42 Å². The lowest BCUT2D eigenvalue weighted by atomic mass is 10.3. The third-order valence-electron chi connectivity index (χ3n) is 4.03. The second-order valence-corrected chi connectivity index (χ2v) is 5.85. The summed E-state index contributed by atoms with van der Waals surface area (Å²) in [5.74, 6) is 0.937. The van der Waals surface area contributed by atoms with E-state index >= 15 is 0 Å². The highest BCUT2D eigenvalue weighted by atomic mass is 35.5. The number of hydrogen-bond donors (Lipinski definition) is 2. The van der Waals surface area contributed by atoms with Gasteiger partial charge in [0.25, 0.3) is 0 Å². The van der Waals surface area contributed by atoms with E-state index in [9.17, 15) is 0 Å². The maximum Gasteiger partial charge on any atom is 0.229 e. The Labute approximate surface area is 131 Å². The molecular weight excluding hydrogens is 304 g/mol. The van der Waals surface area contributed by atoms with Crippen LogP contribution < -0.4 is 16.0 Å². The predicted octanol–water partition coefficient (Wildman–Crippen LogP) is 1.80. The first-order valence-corrected chi connectivity index (χ1v) is 7.47. The van der Waals surface area contributed by atoms with Gasteiger partial charge in [-0.2, -0.15) is 4.98 Å². The number of furan rings is 1. The Hall–Kier alpha value is -2.12. The molecule has 4 rings (SSSR count). The van der Waals surface area contributed by atoms with E-state index in [2.05, 4.69) is 25.2 Å². The summed E-state index contributed by atoms with van der Waals surface area (Å²) in [5, 5.41) is 4.57. The van der Waals surface area contributed by atoms with Crippen LogP contribution in [-0.4, -0.2) is 41.1 Å². The van der Waals surface area contributed by atoms with Crippen LogP contribution >= 0.6 is 11.6 Å². The van der Waals surface area contributed by atoms with Crippen LogP contribution in [0.5, 0.6) is 0 Å². The molecule has 0 aromatic carbocycles. The zero-order valence-corrected chi connectivity index (χ0v) is 12.8. The quantitative estimate of drug-likeness (QED) is 0.744. The number of nitrogens with one attached hydrogen (secondary N) is 1. The lowest BCUT2D eigenvalue weighted by Crippen LogP contribution is -2.30. The molecule has 3 aromatic rings. The van der Waals surface area contributed by atoms with Gasteiger partial charge in [0.1, 0.15) is 5.52 Å². The van der Waals surface area contributed by atoms with E-state index in [-0.39, 0.29) is 5.95 Å². The van der Waals surface area contributed by atoms with Crippen LogP contribution in [0.3, 0.4) is 0 Å². The van der Waals surface area contributed by atoms with Crippen molar-refractivity contribution in [2.24, 2.45) is 0 Å². The smallest absolute Gasteiger partial charge is 0.229 e. The highest BCUT2D eigenvalue weighted by molar-refractivity contribution is 6.31. The van der Waals surface area contributed by atoms with Gasteiger partial charge in [-0.3, -0.25) is 0 Å². The number of hydrogen-bond acceptors (Lipinski definition) is 7. The van der Waals surface area contributed by atoms with Crippen LogP contribution in [0.25, 0.3) is 22.2 Å². The molecule has 3 aromatic heterocycles. The van der Waals surface area contributed by atoms with Crippen LogP contribution in [0.2, 0.25) is 5.02 Å². The van der Waals surface area contributed by atoms with Crippen LogP contribution in [0.1, 0.15) is 6.42 Å². The molecule has 1 fully saturated rings. The molecule has 0 radical (unpaired) electrons. The summed E-state index contributed by atoms with van der Waals surface area (Å²) in [6, 6.07) is 2.22. The van der Waals surface area contributed by atoms with Crippen molar-refractivity contribution in [1.29, 1.82) is 0 Å². The topological polar surface area (TPSA) is 93.1 Å². The first-order valence-electron chi connectivity index (χ1n) is 7.09. The maximum absolute atomic E-state index is 6.02. The minimum absolute atomic E-state index is 0.220. The number of likely N-dealkylation sites (N-methyl/N-ethyl adjacent to an activating group) is 1. The van der Waals surface area contributed by atoms with Gasteiger partial charge in [-0.05, 0) is 19.5 Å². The molecule has 0 bridgehead atoms. The van der Waals surface area contributed by atoms with Gasteiger partial charge >= 0.3 is 0 Å². The Kier molecular flexibility index (Phi) is 3.05. The fraction of sp³-hybridized carbons (Fsp3) is 0.357. The first-order chi connectivity index (χ1) is 10.7. The molecule has 1 aliphatic heterocycles. The Morgan fingerprint density at radius 1 is 1.45 bits per heavy atom. The molecule has 1 aliphatic rings. The van der Waals surface area contributed by atoms with Crippen molar-refractivity contribution in [2.75, 3.05) is 30.8 Å². The summed E-state index contributed by atoms with van der Waals surface area (Å²) in [6.07, 6.45) is 2.60. The van der Waals surface area contributed by atoms with Gasteiger partial charge in [0, 0.05) is 25.3 Å². The van der Waals surface area contributed by atoms with Crippen molar-refractivity contribution in [3.63, 3.8) is 0 Å². The lowest BCUT2D eigenvalue weighted by molar-refractivity contribution is 0.615. The van der Waals surface area contributed by atoms with Gasteiger partial charge in [0.05, 0.1) is 10.4 Å². The number of nitrogens with two attached hydrogens (primary N) is 1. The zero-order valence-electron chi connectivity index (χ0n) is 12.0. The molecule has 1 saturated heterocycles. The molecule has 114 valence electrons. The molecule has 0 unspecified atom stereocenters. The van der Waals surface area contributed by atoms with Crippen molar-refractivity contribution in [1.82, 2.24) is 20.3 Å². The van der Waals surface area contributed by atoms with Gasteiger partial charge in [0.2, 0.25) is 11.7 Å². The summed E-state index contributed by atoms with van der Waals surface area (Å²) in [5.41, 5.74) is 7.64. The molecule has 3 N–H and O–H groups in total. The summed E-state index contributed by atoms with van der Waals surface area (Å²) in [7, 11) is 1.96. The van der Waals surface area contributed by atoms with Crippen molar-refractivity contribution in [3.8, 4) is 0 Å². The molecule has 22 heavy (non-hydrogen) atoms. The molecule has 0 aliphatic carbocycles. The largest absolute Gasteiger partial charge is 0.432 e. The second kappa shape index (κ2) is 4.96. The van der Waals surface area contributed by atoms with Crippen molar-refractivity contribution >= 4 is 45.6 Å². The summed E-state index contributed by atoms with van der Waals surface area (Å²) < 4.78 is 5.86. The molecule has 7 nitrogen and oxygen atoms in total. The monoisotopic (exact) mass is 318 g/mol. The number of halogens is 1. The van der Waals surface area contributed by atoms with E-state index in [0.717, 1.165) is 30.7 Å². The molecule has 0 saturated carbocycles. The molecule has 0 spiro atoms. The van der Waals surface area contributed by atoms with E-state index in [0.29, 0.717) is 27.9 Å². The van der Waals surface area contributed by atoms with Crippen molar-refractivity contribution in [2.45, 2.75) is 12.5 Å². The fourth-order valence-corrected chi connectivity index (χ4v) is 3.07. The molecular formula is C14H15ClN6O. The molecule has 0 amide bonds. The average Bonchev–Trinajstić information content (AvgIpc) is 3.11. The molecule has 8 heteroatoms. The highest BCUT2D eigenvalue weighted by Crippen LogP contribution is 2.34. The minimum Gasteiger partial charge on any atom is -0.432 e. The number of fused-ring (bicyclic) bond motifs is 3. The van der Waals surface area contributed by atoms with E-state index in [1.54, 1.807) is 12.3 Å². The van der Waals surface area contributed by atoms with Gasteiger partial charge < -0.3 is 20.4 Å². The minimum atomic E-state index is 0.220. The van der Waals surface area contributed by atoms with Crippen LogP contribution in [0.4, 0.5) is 11.8 Å². The van der Waals surface area contributed by atoms with E-state index in [1.165, 1.54) is 0 Å². The Balaban J connectivity index is 1.93. The number of pyridine rings is 1. The van der Waals surface area contributed by atoms with Gasteiger partial charge in [0.15, 0.2) is 11.4 Å². The zero-order chi connectivity index (χ0) is 15.3. The summed E-state index contributed by atoms with van der Waals surface area (Å²) in [4.78, 5) is 15.1. The Bertz CT molecular complexity index is 863. The van der Waals surface area contributed by atoms with Crippen molar-refractivity contribution in [3.05, 3.63) is 17.3 Å². The Morgan fingerprint density at radius 3 is 3.09 bits per heavy atom. The normalized spacial score (nSPS) is 18.6. The number of anilines is 2. The van der Waals surface area contributed by atoms with E-state index in [1.807, 2.05) is 7.05 Å². The number of aromatic nitrogens is 3. The number of nitrogen functional groups attached to an aromatic ring is 1. The SMILES string of the molecule is CN[C@@H]1CCN(c2nc(N)nc3c2oc2ncc(Cl)cc23)C1. The van der Waals surface area contributed by atoms with Gasteiger partial charge in [-0.25, -0.2) is 9.97 Å². The third kappa shape index (κ3) is 2.05. The average molecular weight is 319 g/mol. The second-order valence-electron chi connectivity index (χ2n) is 5.41. The molecule has 4 heterocycles. The van der Waals surface area contributed by atoms with Crippen LogP contribution in [0, 0.1) is 0 Å². The lowest BCUT2D eigenvalue weighted by Gasteiger charge is -2.17. The number of nitrogens with zero attached hydrogens (tertiary/aromatic N) is 4. The van der Waals surface area contributed by atoms with Gasteiger partial charge in [-0.15, -0.1) is 0 Å². The standard InChI is InChI=1S/C14H15ClN6O/c1-17-8-2-3-21(6-8)12-11-10(19-14(16)20-12)9-4-7(15)5-18-13(9)22-11/h4-5,8,17H,2-3,6H2,1H3,(H2,16,19,20)/t8-/m1/s1. The predicted molar refractivity (Wildman–Crippen MR) is 86.2 cm³/mol. The third-order valence-corrected chi connectivity index (χ3v) is 4.24. The van der Waals surface area contributed by atoms with Gasteiger partial charge in [-0.1, -0.05) is 11.6 Å².